The molecule has 0 saturated carbocycles. The van der Waals surface area contributed by atoms with E-state index in [1.165, 1.54) is 4.90 Å². The summed E-state index contributed by atoms with van der Waals surface area (Å²) in [6.45, 7) is 6.92. The van der Waals surface area contributed by atoms with E-state index in [2.05, 4.69) is 48.4 Å². The molecule has 258 valence electrons. The molecule has 1 aromatic carbocycles. The number of esters is 1. The van der Waals surface area contributed by atoms with Gasteiger partial charge >= 0.3 is 18.0 Å². The fraction of sp³-hybridized carbons (Fsp3) is 0.516. The predicted molar refractivity (Wildman–Crippen MR) is 166 cm³/mol. The summed E-state index contributed by atoms with van der Waals surface area (Å²) in [7, 11) is 0. The fourth-order valence-corrected chi connectivity index (χ4v) is 4.83. The van der Waals surface area contributed by atoms with Crippen LogP contribution < -0.4 is 16.0 Å². The number of hydrogen-bond acceptors (Lipinski definition) is 11. The van der Waals surface area contributed by atoms with Gasteiger partial charge in [0.15, 0.2) is 5.82 Å². The largest absolute Gasteiger partial charge is 0.481 e. The molecule has 1 fully saturated rings. The van der Waals surface area contributed by atoms with Gasteiger partial charge in [-0.3, -0.25) is 19.2 Å². The number of alkyl carbamates (subject to hydrolysis) is 1. The molecule has 1 aliphatic rings. The molecule has 1 aromatic heterocycles. The van der Waals surface area contributed by atoms with Gasteiger partial charge in [0.2, 0.25) is 17.7 Å². The van der Waals surface area contributed by atoms with E-state index in [-0.39, 0.29) is 26.2 Å². The molecule has 0 aliphatic carbocycles. The van der Waals surface area contributed by atoms with Crippen molar-refractivity contribution in [2.24, 2.45) is 5.41 Å². The van der Waals surface area contributed by atoms with Crippen LogP contribution in [0.25, 0.3) is 0 Å². The van der Waals surface area contributed by atoms with Crippen LogP contribution in [0.5, 0.6) is 0 Å². The number of carboxylic acid groups (broad SMARTS) is 1. The van der Waals surface area contributed by atoms with E-state index >= 15 is 0 Å². The highest BCUT2D eigenvalue weighted by Gasteiger charge is 2.43. The van der Waals surface area contributed by atoms with E-state index in [0.29, 0.717) is 24.2 Å². The number of hydrogen-bond donors (Lipinski definition) is 5. The van der Waals surface area contributed by atoms with Gasteiger partial charge in [-0.05, 0) is 41.2 Å². The standard InChI is InChI=1S/C31H40N8O9/c1-5-47-25(42)14-13-20(16-23-35-37-38-36-23)32-28(44)22-12-9-15-39(22)29(45)26(31(2,3)4)34-27(43)21(17-24(40)41)33-30(46)48-18-19-10-7-6-8-11-19/h6-8,10-11,20-22,26H,5,9,12,15-18H2,1-4H3,(H,32,44)(H,33,46)(H,34,43)(H,40,41)(H,35,36,37,38)/t20-,21+,22-,26?/m1/s1. The number of tetrazole rings is 1. The molecule has 3 rings (SSSR count). The van der Waals surface area contributed by atoms with Crippen LogP contribution in [0.1, 0.15) is 58.3 Å². The van der Waals surface area contributed by atoms with Gasteiger partial charge in [0.1, 0.15) is 24.7 Å². The lowest BCUT2D eigenvalue weighted by Gasteiger charge is -2.36. The van der Waals surface area contributed by atoms with Crippen molar-refractivity contribution in [3.8, 4) is 11.8 Å². The molecule has 0 radical (unpaired) electrons. The Kier molecular flexibility index (Phi) is 13.4. The monoisotopic (exact) mass is 668 g/mol. The summed E-state index contributed by atoms with van der Waals surface area (Å²) in [6.07, 6.45) is -0.979. The zero-order chi connectivity index (χ0) is 35.3. The number of aromatic nitrogens is 4. The normalized spacial score (nSPS) is 15.9. The second-order valence-corrected chi connectivity index (χ2v) is 12.0. The van der Waals surface area contributed by atoms with E-state index in [4.69, 9.17) is 9.47 Å². The smallest absolute Gasteiger partial charge is 0.408 e. The van der Waals surface area contributed by atoms with Gasteiger partial charge in [-0.1, -0.05) is 57.0 Å². The summed E-state index contributed by atoms with van der Waals surface area (Å²) >= 11 is 0. The van der Waals surface area contributed by atoms with E-state index in [0.717, 1.165) is 0 Å². The van der Waals surface area contributed by atoms with Crippen LogP contribution in [0, 0.1) is 17.3 Å². The van der Waals surface area contributed by atoms with Gasteiger partial charge in [0.25, 0.3) is 0 Å². The van der Waals surface area contributed by atoms with Gasteiger partial charge in [-0.15, -0.1) is 5.10 Å². The van der Waals surface area contributed by atoms with Crippen molar-refractivity contribution in [2.45, 2.75) is 84.2 Å². The van der Waals surface area contributed by atoms with Gasteiger partial charge in [-0.2, -0.15) is 0 Å². The number of aliphatic carboxylic acids is 1. The lowest BCUT2D eigenvalue weighted by Crippen LogP contribution is -2.60. The Morgan fingerprint density at radius 2 is 1.81 bits per heavy atom. The van der Waals surface area contributed by atoms with Crippen molar-refractivity contribution in [3.63, 3.8) is 0 Å². The molecule has 4 amide bonds. The molecule has 17 heteroatoms. The molecule has 0 bridgehead atoms. The van der Waals surface area contributed by atoms with Gasteiger partial charge in [0.05, 0.1) is 19.1 Å². The molecule has 17 nitrogen and oxygen atoms in total. The number of carboxylic acids is 1. The minimum atomic E-state index is -1.56. The Balaban J connectivity index is 1.73. The molecule has 2 aromatic rings. The summed E-state index contributed by atoms with van der Waals surface area (Å²) in [6, 6.07) is 4.11. The highest BCUT2D eigenvalue weighted by atomic mass is 16.5. The van der Waals surface area contributed by atoms with Crippen LogP contribution in [0.3, 0.4) is 0 Å². The summed E-state index contributed by atoms with van der Waals surface area (Å²) in [5.74, 6) is 1.06. The number of benzene rings is 1. The summed E-state index contributed by atoms with van der Waals surface area (Å²) < 4.78 is 9.98. The van der Waals surface area contributed by atoms with Crippen molar-refractivity contribution in [1.29, 1.82) is 0 Å². The maximum absolute atomic E-state index is 14.0. The number of amides is 4. The first-order valence-corrected chi connectivity index (χ1v) is 15.3. The number of carbonyl (C=O) groups excluding carboxylic acids is 5. The number of carbonyl (C=O) groups is 6. The third-order valence-corrected chi connectivity index (χ3v) is 7.17. The quantitative estimate of drug-likeness (QED) is 0.108. The molecule has 48 heavy (non-hydrogen) atoms. The first kappa shape index (κ1) is 36.9. The summed E-state index contributed by atoms with van der Waals surface area (Å²) in [4.78, 5) is 78.1. The topological polar surface area (TPSA) is 235 Å². The molecule has 2 heterocycles. The maximum Gasteiger partial charge on any atom is 0.408 e. The zero-order valence-corrected chi connectivity index (χ0v) is 27.1. The minimum Gasteiger partial charge on any atom is -0.481 e. The fourth-order valence-electron chi connectivity index (χ4n) is 4.83. The maximum atomic E-state index is 14.0. The minimum absolute atomic E-state index is 0.0260. The van der Waals surface area contributed by atoms with Crippen molar-refractivity contribution >= 4 is 35.8 Å². The van der Waals surface area contributed by atoms with Gasteiger partial charge in [0, 0.05) is 18.9 Å². The number of nitrogens with one attached hydrogen (secondary N) is 4. The van der Waals surface area contributed by atoms with Crippen LogP contribution in [-0.4, -0.2) is 104 Å². The molecule has 1 unspecified atom stereocenters. The second kappa shape index (κ2) is 17.4. The lowest BCUT2D eigenvalue weighted by atomic mass is 9.85. The SMILES string of the molecule is CCOC(=O)C#C[C@H](Cc1nnn[nH]1)NC(=O)[C@H]1CCCN1C(=O)C(NC(=O)[C@H](CC(=O)O)NC(=O)OCc1ccccc1)C(C)(C)C. The van der Waals surface area contributed by atoms with E-state index in [1.807, 2.05) is 0 Å². The lowest BCUT2D eigenvalue weighted by molar-refractivity contribution is -0.145. The Morgan fingerprint density at radius 3 is 2.44 bits per heavy atom. The van der Waals surface area contributed by atoms with Crippen molar-refractivity contribution in [2.75, 3.05) is 13.2 Å². The van der Waals surface area contributed by atoms with Crippen LogP contribution >= 0.6 is 0 Å². The number of nitrogens with zero attached hydrogens (tertiary/aromatic N) is 4. The van der Waals surface area contributed by atoms with E-state index in [1.54, 1.807) is 58.0 Å². The van der Waals surface area contributed by atoms with Crippen molar-refractivity contribution in [1.82, 2.24) is 41.5 Å². The second-order valence-electron chi connectivity index (χ2n) is 12.0. The third-order valence-electron chi connectivity index (χ3n) is 7.17. The number of likely N-dealkylation sites (tertiary alicyclic amines) is 1. The highest BCUT2D eigenvalue weighted by Crippen LogP contribution is 2.26. The number of ether oxygens (including phenoxy) is 2. The van der Waals surface area contributed by atoms with E-state index in [9.17, 15) is 33.9 Å². The van der Waals surface area contributed by atoms with Crippen molar-refractivity contribution in [3.05, 3.63) is 41.7 Å². The Morgan fingerprint density at radius 1 is 1.08 bits per heavy atom. The van der Waals surface area contributed by atoms with Crippen LogP contribution in [0.15, 0.2) is 30.3 Å². The first-order chi connectivity index (χ1) is 22.8. The molecular formula is C31H40N8O9. The number of H-pyrrole nitrogens is 1. The summed E-state index contributed by atoms with van der Waals surface area (Å²) in [5.41, 5.74) is -0.216. The number of aromatic amines is 1. The number of rotatable bonds is 13. The predicted octanol–water partition coefficient (Wildman–Crippen LogP) is 0.0851. The molecule has 1 aliphatic heterocycles. The first-order valence-electron chi connectivity index (χ1n) is 15.3. The van der Waals surface area contributed by atoms with Crippen LogP contribution in [0.4, 0.5) is 4.79 Å². The highest BCUT2D eigenvalue weighted by molar-refractivity contribution is 5.96. The Labute approximate surface area is 276 Å². The van der Waals surface area contributed by atoms with Gasteiger partial charge in [-0.25, -0.2) is 14.7 Å². The van der Waals surface area contributed by atoms with Crippen LogP contribution in [-0.2, 0) is 46.5 Å². The summed E-state index contributed by atoms with van der Waals surface area (Å²) in [5, 5.41) is 30.4. The molecular weight excluding hydrogens is 628 g/mol. The average Bonchev–Trinajstić information content (AvgIpc) is 3.73. The molecule has 0 spiro atoms. The molecule has 4 atom stereocenters. The van der Waals surface area contributed by atoms with E-state index < -0.39 is 71.8 Å². The van der Waals surface area contributed by atoms with Crippen LogP contribution in [0.2, 0.25) is 0 Å². The zero-order valence-electron chi connectivity index (χ0n) is 27.1. The Hall–Kier alpha value is -5.53. The molecule has 1 saturated heterocycles. The van der Waals surface area contributed by atoms with Gasteiger partial charge < -0.3 is 35.4 Å². The third kappa shape index (κ3) is 11.4. The molecule has 5 N–H and O–H groups in total. The van der Waals surface area contributed by atoms with Crippen molar-refractivity contribution < 1.29 is 43.3 Å². The average molecular weight is 669 g/mol. The Bertz CT molecular complexity index is 1500.